The summed E-state index contributed by atoms with van der Waals surface area (Å²) in [6, 6.07) is 0. The molecular formula is C13H25N5. The molecule has 0 spiro atoms. The van der Waals surface area contributed by atoms with E-state index in [9.17, 15) is 0 Å². The van der Waals surface area contributed by atoms with E-state index < -0.39 is 0 Å². The van der Waals surface area contributed by atoms with E-state index in [-0.39, 0.29) is 0 Å². The Balaban J connectivity index is 2.44. The maximum Gasteiger partial charge on any atom is 0.134 e. The van der Waals surface area contributed by atoms with Crippen LogP contribution in [0, 0.1) is 0 Å². The maximum atomic E-state index is 5.88. The highest BCUT2D eigenvalue weighted by Gasteiger charge is 2.07. The van der Waals surface area contributed by atoms with Gasteiger partial charge in [-0.25, -0.2) is 9.97 Å². The van der Waals surface area contributed by atoms with E-state index in [1.165, 1.54) is 12.7 Å². The van der Waals surface area contributed by atoms with Crippen LogP contribution in [0.25, 0.3) is 0 Å². The number of hydrogen-bond donors (Lipinski definition) is 2. The number of nitrogens with zero attached hydrogens (tertiary/aromatic N) is 3. The molecule has 0 aliphatic carbocycles. The van der Waals surface area contributed by atoms with Crippen LogP contribution in [0.2, 0.25) is 0 Å². The van der Waals surface area contributed by atoms with Crippen LogP contribution in [0.4, 0.5) is 11.6 Å². The second-order valence-electron chi connectivity index (χ2n) is 4.77. The quantitative estimate of drug-likeness (QED) is 0.689. The third-order valence-electron chi connectivity index (χ3n) is 2.80. The van der Waals surface area contributed by atoms with Gasteiger partial charge in [-0.05, 0) is 39.9 Å². The molecule has 0 aromatic carbocycles. The maximum absolute atomic E-state index is 5.88. The van der Waals surface area contributed by atoms with Crippen LogP contribution in [0.1, 0.15) is 31.7 Å². The number of nitrogens with one attached hydrogen (secondary N) is 1. The third-order valence-corrected chi connectivity index (χ3v) is 2.80. The average molecular weight is 251 g/mol. The summed E-state index contributed by atoms with van der Waals surface area (Å²) in [5.41, 5.74) is 6.93. The molecule has 0 amide bonds. The molecule has 1 rings (SSSR count). The lowest BCUT2D eigenvalue weighted by molar-refractivity contribution is 0.396. The summed E-state index contributed by atoms with van der Waals surface area (Å²) in [5.74, 6) is 1.50. The largest absolute Gasteiger partial charge is 0.383 e. The Labute approximate surface area is 110 Å². The minimum atomic E-state index is 0.600. The van der Waals surface area contributed by atoms with Crippen molar-refractivity contribution in [2.45, 2.75) is 32.6 Å². The van der Waals surface area contributed by atoms with Crippen LogP contribution in [0.3, 0.4) is 0 Å². The first kappa shape index (κ1) is 14.7. The van der Waals surface area contributed by atoms with Crippen LogP contribution in [0.15, 0.2) is 6.33 Å². The highest BCUT2D eigenvalue weighted by molar-refractivity contribution is 5.54. The van der Waals surface area contributed by atoms with Crippen LogP contribution in [-0.2, 0) is 6.42 Å². The molecule has 0 aliphatic heterocycles. The van der Waals surface area contributed by atoms with Crippen LogP contribution in [0.5, 0.6) is 0 Å². The van der Waals surface area contributed by atoms with Gasteiger partial charge in [-0.1, -0.05) is 13.3 Å². The molecule has 0 saturated carbocycles. The monoisotopic (exact) mass is 251 g/mol. The number of hydrogen-bond acceptors (Lipinski definition) is 5. The minimum Gasteiger partial charge on any atom is -0.383 e. The topological polar surface area (TPSA) is 67.1 Å². The molecule has 0 atom stereocenters. The second-order valence-corrected chi connectivity index (χ2v) is 4.77. The fourth-order valence-electron chi connectivity index (χ4n) is 1.83. The zero-order chi connectivity index (χ0) is 13.4. The SMILES string of the molecule is CCCc1c(N)ncnc1NCCCCN(C)C. The van der Waals surface area contributed by atoms with Crippen molar-refractivity contribution in [1.29, 1.82) is 0 Å². The standard InChI is InChI=1S/C13H25N5/c1-4-7-11-12(14)16-10-17-13(11)15-8-5-6-9-18(2)3/h10H,4-9H2,1-3H3,(H3,14,15,16,17). The summed E-state index contributed by atoms with van der Waals surface area (Å²) < 4.78 is 0. The van der Waals surface area contributed by atoms with Crippen molar-refractivity contribution in [3.8, 4) is 0 Å². The van der Waals surface area contributed by atoms with Gasteiger partial charge in [0.15, 0.2) is 0 Å². The molecule has 0 unspecified atom stereocenters. The molecule has 1 heterocycles. The molecule has 18 heavy (non-hydrogen) atoms. The molecule has 0 bridgehead atoms. The number of rotatable bonds is 8. The fraction of sp³-hybridized carbons (Fsp3) is 0.692. The second kappa shape index (κ2) is 7.87. The molecule has 5 heteroatoms. The van der Waals surface area contributed by atoms with Crippen LogP contribution < -0.4 is 11.1 Å². The summed E-state index contributed by atoms with van der Waals surface area (Å²) in [5, 5.41) is 3.36. The minimum absolute atomic E-state index is 0.600. The zero-order valence-electron chi connectivity index (χ0n) is 11.7. The molecule has 0 fully saturated rings. The molecule has 0 saturated heterocycles. The Kier molecular flexibility index (Phi) is 6.43. The van der Waals surface area contributed by atoms with Gasteiger partial charge in [0.05, 0.1) is 0 Å². The van der Waals surface area contributed by atoms with E-state index in [0.29, 0.717) is 5.82 Å². The molecule has 1 aromatic rings. The summed E-state index contributed by atoms with van der Waals surface area (Å²) in [4.78, 5) is 10.5. The van der Waals surface area contributed by atoms with Gasteiger partial charge in [-0.2, -0.15) is 0 Å². The van der Waals surface area contributed by atoms with E-state index in [4.69, 9.17) is 5.73 Å². The van der Waals surface area contributed by atoms with E-state index >= 15 is 0 Å². The summed E-state index contributed by atoms with van der Waals surface area (Å²) in [6.07, 6.45) is 5.81. The lowest BCUT2D eigenvalue weighted by Crippen LogP contribution is -2.15. The highest BCUT2D eigenvalue weighted by Crippen LogP contribution is 2.18. The molecular weight excluding hydrogens is 226 g/mol. The van der Waals surface area contributed by atoms with Crippen molar-refractivity contribution in [2.75, 3.05) is 38.2 Å². The van der Waals surface area contributed by atoms with Crippen molar-refractivity contribution in [3.05, 3.63) is 11.9 Å². The van der Waals surface area contributed by atoms with E-state index in [1.807, 2.05) is 0 Å². The smallest absolute Gasteiger partial charge is 0.134 e. The first-order chi connectivity index (χ1) is 8.65. The van der Waals surface area contributed by atoms with Crippen molar-refractivity contribution < 1.29 is 0 Å². The Morgan fingerprint density at radius 2 is 2.06 bits per heavy atom. The lowest BCUT2D eigenvalue weighted by atomic mass is 10.1. The molecule has 102 valence electrons. The number of anilines is 2. The highest BCUT2D eigenvalue weighted by atomic mass is 15.1. The van der Waals surface area contributed by atoms with Gasteiger partial charge < -0.3 is 16.0 Å². The molecule has 3 N–H and O–H groups in total. The van der Waals surface area contributed by atoms with Gasteiger partial charge in [0.2, 0.25) is 0 Å². The Morgan fingerprint density at radius 1 is 1.28 bits per heavy atom. The van der Waals surface area contributed by atoms with Gasteiger partial charge in [-0.15, -0.1) is 0 Å². The molecule has 5 nitrogen and oxygen atoms in total. The third kappa shape index (κ3) is 4.87. The Hall–Kier alpha value is -1.36. The van der Waals surface area contributed by atoms with Crippen molar-refractivity contribution in [2.24, 2.45) is 0 Å². The van der Waals surface area contributed by atoms with Crippen LogP contribution >= 0.6 is 0 Å². The van der Waals surface area contributed by atoms with Gasteiger partial charge in [-0.3, -0.25) is 0 Å². The summed E-state index contributed by atoms with van der Waals surface area (Å²) in [6.45, 7) is 4.18. The lowest BCUT2D eigenvalue weighted by Gasteiger charge is -2.12. The normalized spacial score (nSPS) is 10.9. The molecule has 0 radical (unpaired) electrons. The van der Waals surface area contributed by atoms with Gasteiger partial charge in [0.25, 0.3) is 0 Å². The van der Waals surface area contributed by atoms with Crippen molar-refractivity contribution in [3.63, 3.8) is 0 Å². The number of unbranched alkanes of at least 4 members (excludes halogenated alkanes) is 1. The zero-order valence-corrected chi connectivity index (χ0v) is 11.7. The Bertz CT molecular complexity index is 351. The predicted octanol–water partition coefficient (Wildman–Crippen LogP) is 1.76. The first-order valence-corrected chi connectivity index (χ1v) is 6.63. The molecule has 0 aliphatic rings. The van der Waals surface area contributed by atoms with E-state index in [0.717, 1.165) is 43.7 Å². The Morgan fingerprint density at radius 3 is 2.72 bits per heavy atom. The average Bonchev–Trinajstić information content (AvgIpc) is 2.32. The van der Waals surface area contributed by atoms with Crippen molar-refractivity contribution >= 4 is 11.6 Å². The van der Waals surface area contributed by atoms with E-state index in [1.54, 1.807) is 0 Å². The first-order valence-electron chi connectivity index (χ1n) is 6.63. The van der Waals surface area contributed by atoms with Gasteiger partial charge >= 0.3 is 0 Å². The predicted molar refractivity (Wildman–Crippen MR) is 76.7 cm³/mol. The van der Waals surface area contributed by atoms with E-state index in [2.05, 4.69) is 41.2 Å². The fourth-order valence-corrected chi connectivity index (χ4v) is 1.83. The number of nitrogens with two attached hydrogens (primary N) is 1. The number of aromatic nitrogens is 2. The molecule has 1 aromatic heterocycles. The summed E-state index contributed by atoms with van der Waals surface area (Å²) >= 11 is 0. The van der Waals surface area contributed by atoms with Gasteiger partial charge in [0, 0.05) is 12.1 Å². The van der Waals surface area contributed by atoms with Crippen LogP contribution in [-0.4, -0.2) is 42.1 Å². The van der Waals surface area contributed by atoms with Gasteiger partial charge in [0.1, 0.15) is 18.0 Å². The number of nitrogen functional groups attached to an aromatic ring is 1. The summed E-state index contributed by atoms with van der Waals surface area (Å²) in [7, 11) is 4.19. The van der Waals surface area contributed by atoms with Crippen molar-refractivity contribution in [1.82, 2.24) is 14.9 Å².